The smallest absolute Gasteiger partial charge is 0.126 e. The minimum atomic E-state index is -0.122. The standard InChI is InChI=1S/C14H20FN/c1-10-5-4-7-12(10)14(16)9-11-6-2-3-8-13(11)15/h2-3,6,8,10,12,14H,4-5,7,9,16H2,1H3. The Morgan fingerprint density at radius 2 is 2.12 bits per heavy atom. The SMILES string of the molecule is CC1CCCC1C(N)Cc1ccccc1F. The van der Waals surface area contributed by atoms with Gasteiger partial charge in [-0.05, 0) is 36.3 Å². The first-order valence-electron chi connectivity index (χ1n) is 6.17. The van der Waals surface area contributed by atoms with Gasteiger partial charge in [0.1, 0.15) is 5.82 Å². The quantitative estimate of drug-likeness (QED) is 0.833. The molecule has 1 nitrogen and oxygen atoms in total. The lowest BCUT2D eigenvalue weighted by molar-refractivity contribution is 0.341. The van der Waals surface area contributed by atoms with Crippen LogP contribution in [0.3, 0.4) is 0 Å². The molecule has 0 saturated heterocycles. The second-order valence-electron chi connectivity index (χ2n) is 5.03. The van der Waals surface area contributed by atoms with E-state index >= 15 is 0 Å². The third-order valence-corrected chi connectivity index (χ3v) is 3.89. The molecule has 1 fully saturated rings. The molecule has 2 rings (SSSR count). The van der Waals surface area contributed by atoms with E-state index in [-0.39, 0.29) is 11.9 Å². The van der Waals surface area contributed by atoms with Crippen LogP contribution in [0.2, 0.25) is 0 Å². The number of halogens is 1. The Morgan fingerprint density at radius 3 is 2.75 bits per heavy atom. The molecule has 0 aromatic heterocycles. The van der Waals surface area contributed by atoms with Crippen LogP contribution in [0.15, 0.2) is 24.3 Å². The zero-order valence-electron chi connectivity index (χ0n) is 9.83. The van der Waals surface area contributed by atoms with Crippen molar-refractivity contribution < 1.29 is 4.39 Å². The van der Waals surface area contributed by atoms with Crippen LogP contribution in [0.4, 0.5) is 4.39 Å². The zero-order chi connectivity index (χ0) is 11.5. The van der Waals surface area contributed by atoms with Gasteiger partial charge in [0.15, 0.2) is 0 Å². The molecule has 1 aliphatic carbocycles. The van der Waals surface area contributed by atoms with Gasteiger partial charge in [0.05, 0.1) is 0 Å². The highest BCUT2D eigenvalue weighted by Gasteiger charge is 2.28. The van der Waals surface area contributed by atoms with Crippen molar-refractivity contribution in [2.45, 2.75) is 38.6 Å². The van der Waals surface area contributed by atoms with Gasteiger partial charge in [-0.1, -0.05) is 38.0 Å². The van der Waals surface area contributed by atoms with Gasteiger partial charge in [0.2, 0.25) is 0 Å². The molecule has 2 heteroatoms. The van der Waals surface area contributed by atoms with E-state index in [1.165, 1.54) is 25.3 Å². The Kier molecular flexibility index (Phi) is 3.59. The number of rotatable bonds is 3. The van der Waals surface area contributed by atoms with Crippen molar-refractivity contribution in [3.63, 3.8) is 0 Å². The van der Waals surface area contributed by atoms with Crippen LogP contribution in [-0.2, 0) is 6.42 Å². The molecule has 0 bridgehead atoms. The Balaban J connectivity index is 2.02. The molecule has 1 saturated carbocycles. The maximum absolute atomic E-state index is 13.5. The van der Waals surface area contributed by atoms with Crippen molar-refractivity contribution in [1.29, 1.82) is 0 Å². The van der Waals surface area contributed by atoms with Crippen LogP contribution in [0.5, 0.6) is 0 Å². The lowest BCUT2D eigenvalue weighted by Crippen LogP contribution is -2.34. The van der Waals surface area contributed by atoms with Gasteiger partial charge in [-0.3, -0.25) is 0 Å². The second kappa shape index (κ2) is 4.96. The van der Waals surface area contributed by atoms with E-state index in [1.807, 2.05) is 12.1 Å². The summed E-state index contributed by atoms with van der Waals surface area (Å²) < 4.78 is 13.5. The molecular formula is C14H20FN. The first kappa shape index (κ1) is 11.6. The maximum Gasteiger partial charge on any atom is 0.126 e. The first-order chi connectivity index (χ1) is 7.68. The fourth-order valence-corrected chi connectivity index (χ4v) is 2.88. The summed E-state index contributed by atoms with van der Waals surface area (Å²) in [5, 5.41) is 0. The summed E-state index contributed by atoms with van der Waals surface area (Å²) >= 11 is 0. The largest absolute Gasteiger partial charge is 0.327 e. The molecule has 88 valence electrons. The molecule has 1 aliphatic rings. The lowest BCUT2D eigenvalue weighted by Gasteiger charge is -2.23. The van der Waals surface area contributed by atoms with Crippen molar-refractivity contribution in [3.05, 3.63) is 35.6 Å². The van der Waals surface area contributed by atoms with Crippen LogP contribution < -0.4 is 5.73 Å². The average molecular weight is 221 g/mol. The summed E-state index contributed by atoms with van der Waals surface area (Å²) in [7, 11) is 0. The van der Waals surface area contributed by atoms with Gasteiger partial charge in [-0.25, -0.2) is 4.39 Å². The van der Waals surface area contributed by atoms with E-state index in [4.69, 9.17) is 5.73 Å². The molecule has 0 radical (unpaired) electrons. The predicted molar refractivity (Wildman–Crippen MR) is 64.6 cm³/mol. The predicted octanol–water partition coefficient (Wildman–Crippen LogP) is 3.13. The summed E-state index contributed by atoms with van der Waals surface area (Å²) in [5.74, 6) is 1.14. The molecule has 3 unspecified atom stereocenters. The highest BCUT2D eigenvalue weighted by Crippen LogP contribution is 2.34. The second-order valence-corrected chi connectivity index (χ2v) is 5.03. The van der Waals surface area contributed by atoms with Crippen LogP contribution in [-0.4, -0.2) is 6.04 Å². The number of hydrogen-bond donors (Lipinski definition) is 1. The third-order valence-electron chi connectivity index (χ3n) is 3.89. The summed E-state index contributed by atoms with van der Waals surface area (Å²) in [6, 6.07) is 7.06. The molecule has 1 aromatic rings. The molecule has 0 heterocycles. The molecular weight excluding hydrogens is 201 g/mol. The summed E-state index contributed by atoms with van der Waals surface area (Å²) in [6.45, 7) is 2.26. The van der Waals surface area contributed by atoms with Crippen LogP contribution in [0, 0.1) is 17.7 Å². The van der Waals surface area contributed by atoms with Gasteiger partial charge in [0, 0.05) is 6.04 Å². The summed E-state index contributed by atoms with van der Waals surface area (Å²) in [4.78, 5) is 0. The van der Waals surface area contributed by atoms with Crippen LogP contribution in [0.1, 0.15) is 31.7 Å². The minimum Gasteiger partial charge on any atom is -0.327 e. The van der Waals surface area contributed by atoms with Crippen molar-refractivity contribution in [2.75, 3.05) is 0 Å². The average Bonchev–Trinajstić information content (AvgIpc) is 2.68. The number of hydrogen-bond acceptors (Lipinski definition) is 1. The van der Waals surface area contributed by atoms with Crippen molar-refractivity contribution in [3.8, 4) is 0 Å². The Morgan fingerprint density at radius 1 is 1.38 bits per heavy atom. The fourth-order valence-electron chi connectivity index (χ4n) is 2.88. The normalized spacial score (nSPS) is 26.9. The van der Waals surface area contributed by atoms with Crippen molar-refractivity contribution >= 4 is 0 Å². The Hall–Kier alpha value is -0.890. The minimum absolute atomic E-state index is 0.106. The van der Waals surface area contributed by atoms with E-state index in [0.717, 1.165) is 5.56 Å². The Bertz CT molecular complexity index is 350. The molecule has 0 aliphatic heterocycles. The highest BCUT2D eigenvalue weighted by molar-refractivity contribution is 5.18. The van der Waals surface area contributed by atoms with E-state index in [0.29, 0.717) is 18.3 Å². The molecule has 3 atom stereocenters. The van der Waals surface area contributed by atoms with E-state index < -0.39 is 0 Å². The molecule has 0 spiro atoms. The highest BCUT2D eigenvalue weighted by atomic mass is 19.1. The van der Waals surface area contributed by atoms with Crippen molar-refractivity contribution in [2.24, 2.45) is 17.6 Å². The molecule has 16 heavy (non-hydrogen) atoms. The summed E-state index contributed by atoms with van der Waals surface area (Å²) in [6.07, 6.45) is 4.42. The van der Waals surface area contributed by atoms with Gasteiger partial charge in [-0.2, -0.15) is 0 Å². The van der Waals surface area contributed by atoms with E-state index in [1.54, 1.807) is 6.07 Å². The van der Waals surface area contributed by atoms with Gasteiger partial charge in [-0.15, -0.1) is 0 Å². The molecule has 2 N–H and O–H groups in total. The monoisotopic (exact) mass is 221 g/mol. The zero-order valence-corrected chi connectivity index (χ0v) is 9.83. The summed E-state index contributed by atoms with van der Waals surface area (Å²) in [5.41, 5.74) is 6.96. The van der Waals surface area contributed by atoms with Gasteiger partial charge >= 0.3 is 0 Å². The van der Waals surface area contributed by atoms with E-state index in [2.05, 4.69) is 6.92 Å². The van der Waals surface area contributed by atoms with Crippen LogP contribution in [0.25, 0.3) is 0 Å². The lowest BCUT2D eigenvalue weighted by atomic mass is 9.87. The number of nitrogens with two attached hydrogens (primary N) is 1. The maximum atomic E-state index is 13.5. The van der Waals surface area contributed by atoms with Crippen LogP contribution >= 0.6 is 0 Å². The third kappa shape index (κ3) is 2.43. The first-order valence-corrected chi connectivity index (χ1v) is 6.17. The van der Waals surface area contributed by atoms with Gasteiger partial charge in [0.25, 0.3) is 0 Å². The Labute approximate surface area is 96.9 Å². The molecule has 1 aromatic carbocycles. The van der Waals surface area contributed by atoms with Crippen molar-refractivity contribution in [1.82, 2.24) is 0 Å². The molecule has 0 amide bonds. The van der Waals surface area contributed by atoms with Gasteiger partial charge < -0.3 is 5.73 Å². The fraction of sp³-hybridized carbons (Fsp3) is 0.571. The topological polar surface area (TPSA) is 26.0 Å². The van der Waals surface area contributed by atoms with E-state index in [9.17, 15) is 4.39 Å². The number of benzene rings is 1.